The standard InChI is InChI=1S/C17H23N3O2S/c1-12-16(11-20-7-8-21-14(9-18)10-20)19-17(22-12)13-3-5-15(23-2)6-4-13/h3-6,14H,7-11,18H2,1-2H3/t14-/m1/s1. The Balaban J connectivity index is 1.72. The molecule has 1 aromatic carbocycles. The summed E-state index contributed by atoms with van der Waals surface area (Å²) in [7, 11) is 0. The van der Waals surface area contributed by atoms with E-state index in [-0.39, 0.29) is 6.10 Å². The molecule has 6 heteroatoms. The normalized spacial score (nSPS) is 19.2. The highest BCUT2D eigenvalue weighted by Gasteiger charge is 2.21. The molecule has 23 heavy (non-hydrogen) atoms. The number of aromatic nitrogens is 1. The van der Waals surface area contributed by atoms with Crippen LogP contribution in [0.2, 0.25) is 0 Å². The topological polar surface area (TPSA) is 64.5 Å². The van der Waals surface area contributed by atoms with Crippen LogP contribution in [0.25, 0.3) is 11.5 Å². The van der Waals surface area contributed by atoms with E-state index < -0.39 is 0 Å². The van der Waals surface area contributed by atoms with Crippen molar-refractivity contribution >= 4 is 11.8 Å². The van der Waals surface area contributed by atoms with Crippen molar-refractivity contribution in [3.05, 3.63) is 35.7 Å². The summed E-state index contributed by atoms with van der Waals surface area (Å²) >= 11 is 1.73. The van der Waals surface area contributed by atoms with Crippen LogP contribution in [-0.4, -0.2) is 48.5 Å². The summed E-state index contributed by atoms with van der Waals surface area (Å²) in [6.45, 7) is 5.78. The van der Waals surface area contributed by atoms with Gasteiger partial charge >= 0.3 is 0 Å². The van der Waals surface area contributed by atoms with Crippen LogP contribution in [-0.2, 0) is 11.3 Å². The quantitative estimate of drug-likeness (QED) is 0.848. The maximum Gasteiger partial charge on any atom is 0.226 e. The molecule has 1 saturated heterocycles. The highest BCUT2D eigenvalue weighted by atomic mass is 32.2. The zero-order valence-corrected chi connectivity index (χ0v) is 14.4. The van der Waals surface area contributed by atoms with Crippen molar-refractivity contribution in [2.45, 2.75) is 24.5 Å². The molecule has 1 aromatic heterocycles. The first-order valence-corrected chi connectivity index (χ1v) is 9.07. The first-order chi connectivity index (χ1) is 11.2. The molecule has 2 aromatic rings. The Kier molecular flexibility index (Phi) is 5.38. The second-order valence-electron chi connectivity index (χ2n) is 5.71. The van der Waals surface area contributed by atoms with E-state index in [0.717, 1.165) is 43.3 Å². The minimum Gasteiger partial charge on any atom is -0.441 e. The van der Waals surface area contributed by atoms with Gasteiger partial charge in [0.05, 0.1) is 18.4 Å². The number of rotatable bonds is 5. The van der Waals surface area contributed by atoms with Crippen LogP contribution in [0.15, 0.2) is 33.6 Å². The predicted octanol–water partition coefficient (Wildman–Crippen LogP) is 2.53. The summed E-state index contributed by atoms with van der Waals surface area (Å²) in [6.07, 6.45) is 2.19. The summed E-state index contributed by atoms with van der Waals surface area (Å²) < 4.78 is 11.5. The van der Waals surface area contributed by atoms with Gasteiger partial charge in [-0.25, -0.2) is 4.98 Å². The van der Waals surface area contributed by atoms with Gasteiger partial charge in [-0.15, -0.1) is 11.8 Å². The highest BCUT2D eigenvalue weighted by Crippen LogP contribution is 2.25. The van der Waals surface area contributed by atoms with Crippen molar-refractivity contribution in [1.82, 2.24) is 9.88 Å². The Labute approximate surface area is 141 Å². The number of benzene rings is 1. The van der Waals surface area contributed by atoms with Crippen LogP contribution < -0.4 is 5.73 Å². The Morgan fingerprint density at radius 2 is 2.13 bits per heavy atom. The predicted molar refractivity (Wildman–Crippen MR) is 92.5 cm³/mol. The SMILES string of the molecule is CSc1ccc(-c2nc(CN3CCO[C@H](CN)C3)c(C)o2)cc1. The minimum absolute atomic E-state index is 0.120. The van der Waals surface area contributed by atoms with Crippen LogP contribution in [0.4, 0.5) is 0 Å². The van der Waals surface area contributed by atoms with E-state index in [0.29, 0.717) is 12.4 Å². The molecule has 3 rings (SSSR count). The average Bonchev–Trinajstić information content (AvgIpc) is 2.96. The summed E-state index contributed by atoms with van der Waals surface area (Å²) in [4.78, 5) is 8.25. The maximum atomic E-state index is 5.87. The summed E-state index contributed by atoms with van der Waals surface area (Å²) in [6, 6.07) is 8.29. The number of oxazole rings is 1. The largest absolute Gasteiger partial charge is 0.441 e. The number of aryl methyl sites for hydroxylation is 1. The van der Waals surface area contributed by atoms with E-state index in [4.69, 9.17) is 19.9 Å². The van der Waals surface area contributed by atoms with Crippen LogP contribution in [0, 0.1) is 6.92 Å². The lowest BCUT2D eigenvalue weighted by Gasteiger charge is -2.31. The lowest BCUT2D eigenvalue weighted by Crippen LogP contribution is -2.45. The average molecular weight is 333 g/mol. The molecule has 1 fully saturated rings. The molecule has 1 aliphatic rings. The third-order valence-electron chi connectivity index (χ3n) is 4.09. The zero-order chi connectivity index (χ0) is 16.2. The van der Waals surface area contributed by atoms with Crippen molar-refractivity contribution in [3.63, 3.8) is 0 Å². The van der Waals surface area contributed by atoms with Gasteiger partial charge in [0.2, 0.25) is 5.89 Å². The number of morpholine rings is 1. The van der Waals surface area contributed by atoms with Crippen LogP contribution in [0.1, 0.15) is 11.5 Å². The fourth-order valence-corrected chi connectivity index (χ4v) is 3.12. The van der Waals surface area contributed by atoms with Gasteiger partial charge in [-0.2, -0.15) is 0 Å². The Bertz CT molecular complexity index is 642. The van der Waals surface area contributed by atoms with E-state index in [2.05, 4.69) is 35.4 Å². The van der Waals surface area contributed by atoms with Crippen molar-refractivity contribution < 1.29 is 9.15 Å². The second-order valence-corrected chi connectivity index (χ2v) is 6.59. The number of hydrogen-bond donors (Lipinski definition) is 1. The van der Waals surface area contributed by atoms with Crippen LogP contribution >= 0.6 is 11.8 Å². The number of nitrogens with two attached hydrogens (primary N) is 1. The Morgan fingerprint density at radius 1 is 1.35 bits per heavy atom. The highest BCUT2D eigenvalue weighted by molar-refractivity contribution is 7.98. The zero-order valence-electron chi connectivity index (χ0n) is 13.6. The van der Waals surface area contributed by atoms with Crippen LogP contribution in [0.3, 0.4) is 0 Å². The first kappa shape index (κ1) is 16.5. The molecule has 1 atom stereocenters. The Hall–Kier alpha value is -1.34. The van der Waals surface area contributed by atoms with Crippen molar-refractivity contribution in [1.29, 1.82) is 0 Å². The van der Waals surface area contributed by atoms with Gasteiger partial charge in [0, 0.05) is 36.6 Å². The molecule has 0 saturated carbocycles. The van der Waals surface area contributed by atoms with Gasteiger partial charge in [-0.1, -0.05) is 0 Å². The summed E-state index contributed by atoms with van der Waals surface area (Å²) in [5.41, 5.74) is 7.71. The molecule has 0 spiro atoms. The van der Waals surface area contributed by atoms with Gasteiger partial charge in [-0.05, 0) is 37.4 Å². The van der Waals surface area contributed by atoms with E-state index >= 15 is 0 Å². The molecule has 0 aliphatic carbocycles. The van der Waals surface area contributed by atoms with Crippen molar-refractivity contribution in [2.24, 2.45) is 5.73 Å². The van der Waals surface area contributed by atoms with Crippen molar-refractivity contribution in [3.8, 4) is 11.5 Å². The molecule has 0 bridgehead atoms. The molecule has 124 valence electrons. The van der Waals surface area contributed by atoms with E-state index in [1.807, 2.05) is 6.92 Å². The molecule has 0 unspecified atom stereocenters. The van der Waals surface area contributed by atoms with E-state index in [1.54, 1.807) is 11.8 Å². The third-order valence-corrected chi connectivity index (χ3v) is 4.83. The molecule has 0 amide bonds. The summed E-state index contributed by atoms with van der Waals surface area (Å²) in [5.74, 6) is 1.57. The molecule has 5 nitrogen and oxygen atoms in total. The molecule has 2 N–H and O–H groups in total. The van der Waals surface area contributed by atoms with Crippen molar-refractivity contribution in [2.75, 3.05) is 32.5 Å². The summed E-state index contributed by atoms with van der Waals surface area (Å²) in [5, 5.41) is 0. The van der Waals surface area contributed by atoms with Gasteiger partial charge in [0.1, 0.15) is 5.76 Å². The minimum atomic E-state index is 0.120. The Morgan fingerprint density at radius 3 is 2.83 bits per heavy atom. The molecular formula is C17H23N3O2S. The van der Waals surface area contributed by atoms with Gasteiger partial charge < -0.3 is 14.9 Å². The van der Waals surface area contributed by atoms with Gasteiger partial charge in [-0.3, -0.25) is 4.90 Å². The van der Waals surface area contributed by atoms with E-state index in [1.165, 1.54) is 4.90 Å². The number of ether oxygens (including phenoxy) is 1. The van der Waals surface area contributed by atoms with E-state index in [9.17, 15) is 0 Å². The monoisotopic (exact) mass is 333 g/mol. The number of hydrogen-bond acceptors (Lipinski definition) is 6. The lowest BCUT2D eigenvalue weighted by molar-refractivity contribution is -0.0264. The van der Waals surface area contributed by atoms with Gasteiger partial charge in [0.15, 0.2) is 0 Å². The fourth-order valence-electron chi connectivity index (χ4n) is 2.71. The molecule has 2 heterocycles. The lowest BCUT2D eigenvalue weighted by atomic mass is 10.2. The number of nitrogens with zero attached hydrogens (tertiary/aromatic N) is 2. The molecule has 0 radical (unpaired) electrons. The fraction of sp³-hybridized carbons (Fsp3) is 0.471. The molecule has 1 aliphatic heterocycles. The first-order valence-electron chi connectivity index (χ1n) is 7.84. The van der Waals surface area contributed by atoms with Gasteiger partial charge in [0.25, 0.3) is 0 Å². The third kappa shape index (κ3) is 3.95. The number of thioether (sulfide) groups is 1. The smallest absolute Gasteiger partial charge is 0.226 e. The maximum absolute atomic E-state index is 5.87. The van der Waals surface area contributed by atoms with Crippen LogP contribution in [0.5, 0.6) is 0 Å². The molecular weight excluding hydrogens is 310 g/mol. The second kappa shape index (κ2) is 7.49.